The summed E-state index contributed by atoms with van der Waals surface area (Å²) in [5.41, 5.74) is 6.21. The molecule has 3 rings (SSSR count). The van der Waals surface area contributed by atoms with Gasteiger partial charge in [-0.2, -0.15) is 4.98 Å². The monoisotopic (exact) mass is 279 g/mol. The molecule has 0 atom stereocenters. The molecule has 0 saturated heterocycles. The summed E-state index contributed by atoms with van der Waals surface area (Å²) in [6.07, 6.45) is 3.76. The van der Waals surface area contributed by atoms with Crippen LogP contribution in [0, 0.1) is 11.6 Å². The lowest BCUT2D eigenvalue weighted by Crippen LogP contribution is -2.48. The fraction of sp³-hybridized carbons (Fsp3) is 0.429. The molecule has 1 heterocycles. The molecule has 1 aliphatic rings. The average Bonchev–Trinajstić information content (AvgIpc) is 2.78. The molecule has 4 nitrogen and oxygen atoms in total. The maximum absolute atomic E-state index is 13.5. The van der Waals surface area contributed by atoms with E-state index in [1.165, 1.54) is 12.1 Å². The third-order valence-electron chi connectivity index (χ3n) is 3.73. The predicted octanol–water partition coefficient (Wildman–Crippen LogP) is 2.36. The predicted molar refractivity (Wildman–Crippen MR) is 67.9 cm³/mol. The van der Waals surface area contributed by atoms with Gasteiger partial charge in [0.05, 0.1) is 0 Å². The fourth-order valence-corrected chi connectivity index (χ4v) is 2.38. The van der Waals surface area contributed by atoms with Gasteiger partial charge in [0.2, 0.25) is 5.89 Å². The van der Waals surface area contributed by atoms with Gasteiger partial charge in [-0.1, -0.05) is 11.2 Å². The molecule has 20 heavy (non-hydrogen) atoms. The Balaban J connectivity index is 1.70. The minimum absolute atomic E-state index is 0.174. The van der Waals surface area contributed by atoms with Gasteiger partial charge in [0.25, 0.3) is 0 Å². The van der Waals surface area contributed by atoms with E-state index in [9.17, 15) is 8.78 Å². The van der Waals surface area contributed by atoms with E-state index in [2.05, 4.69) is 10.1 Å². The van der Waals surface area contributed by atoms with Crippen LogP contribution in [0.2, 0.25) is 0 Å². The number of halogens is 2. The molecule has 0 amide bonds. The van der Waals surface area contributed by atoms with Crippen LogP contribution in [-0.4, -0.2) is 15.7 Å². The Morgan fingerprint density at radius 2 is 2.10 bits per heavy atom. The Kier molecular flexibility index (Phi) is 3.25. The zero-order valence-corrected chi connectivity index (χ0v) is 10.9. The second-order valence-electron chi connectivity index (χ2n) is 5.41. The van der Waals surface area contributed by atoms with E-state index in [0.717, 1.165) is 25.3 Å². The van der Waals surface area contributed by atoms with Crippen molar-refractivity contribution in [2.45, 2.75) is 37.6 Å². The van der Waals surface area contributed by atoms with E-state index in [4.69, 9.17) is 10.3 Å². The molecule has 1 fully saturated rings. The standard InChI is InChI=1S/C14H15F2N3O/c15-10-3-2-9(11(16)7-10)6-12-18-13(20-19-12)8-14(17)4-1-5-14/h2-3,7H,1,4-6,8,17H2. The highest BCUT2D eigenvalue weighted by atomic mass is 19.1. The van der Waals surface area contributed by atoms with Crippen LogP contribution in [0.1, 0.15) is 36.5 Å². The van der Waals surface area contributed by atoms with Crippen LogP contribution in [0.15, 0.2) is 22.7 Å². The Morgan fingerprint density at radius 1 is 1.30 bits per heavy atom. The Morgan fingerprint density at radius 3 is 2.75 bits per heavy atom. The lowest BCUT2D eigenvalue weighted by molar-refractivity contribution is 0.221. The van der Waals surface area contributed by atoms with E-state index in [0.29, 0.717) is 23.7 Å². The number of nitrogens with zero attached hydrogens (tertiary/aromatic N) is 2. The van der Waals surface area contributed by atoms with Crippen LogP contribution >= 0.6 is 0 Å². The van der Waals surface area contributed by atoms with E-state index in [1.807, 2.05) is 0 Å². The second-order valence-corrected chi connectivity index (χ2v) is 5.41. The van der Waals surface area contributed by atoms with Crippen molar-refractivity contribution < 1.29 is 13.3 Å². The summed E-state index contributed by atoms with van der Waals surface area (Å²) in [5, 5.41) is 3.82. The highest BCUT2D eigenvalue weighted by molar-refractivity contribution is 5.21. The molecule has 0 radical (unpaired) electrons. The van der Waals surface area contributed by atoms with E-state index < -0.39 is 11.6 Å². The lowest BCUT2D eigenvalue weighted by atomic mass is 9.75. The third kappa shape index (κ3) is 2.70. The number of aromatic nitrogens is 2. The van der Waals surface area contributed by atoms with Gasteiger partial charge < -0.3 is 10.3 Å². The molecule has 106 valence electrons. The average molecular weight is 279 g/mol. The van der Waals surface area contributed by atoms with E-state index in [1.54, 1.807) is 0 Å². The summed E-state index contributed by atoms with van der Waals surface area (Å²) in [7, 11) is 0. The third-order valence-corrected chi connectivity index (χ3v) is 3.73. The van der Waals surface area contributed by atoms with E-state index in [-0.39, 0.29) is 12.0 Å². The van der Waals surface area contributed by atoms with Crippen molar-refractivity contribution in [1.82, 2.24) is 10.1 Å². The lowest BCUT2D eigenvalue weighted by Gasteiger charge is -2.36. The van der Waals surface area contributed by atoms with Crippen molar-refractivity contribution in [2.75, 3.05) is 0 Å². The molecule has 0 unspecified atom stereocenters. The van der Waals surface area contributed by atoms with Crippen molar-refractivity contribution in [3.05, 3.63) is 47.1 Å². The summed E-state index contributed by atoms with van der Waals surface area (Å²) in [5.74, 6) is -0.348. The quantitative estimate of drug-likeness (QED) is 0.933. The van der Waals surface area contributed by atoms with Crippen molar-refractivity contribution in [2.24, 2.45) is 5.73 Å². The first-order valence-electron chi connectivity index (χ1n) is 6.58. The smallest absolute Gasteiger partial charge is 0.228 e. The van der Waals surface area contributed by atoms with Crippen molar-refractivity contribution in [1.29, 1.82) is 0 Å². The molecule has 6 heteroatoms. The fourth-order valence-electron chi connectivity index (χ4n) is 2.38. The first-order chi connectivity index (χ1) is 9.54. The molecule has 1 aromatic carbocycles. The van der Waals surface area contributed by atoms with Gasteiger partial charge in [-0.05, 0) is 30.9 Å². The maximum Gasteiger partial charge on any atom is 0.228 e. The summed E-state index contributed by atoms with van der Waals surface area (Å²) in [6.45, 7) is 0. The van der Waals surface area contributed by atoms with Crippen LogP contribution in [0.25, 0.3) is 0 Å². The summed E-state index contributed by atoms with van der Waals surface area (Å²) in [6, 6.07) is 3.44. The van der Waals surface area contributed by atoms with Crippen LogP contribution in [0.5, 0.6) is 0 Å². The Labute approximate surface area is 115 Å². The van der Waals surface area contributed by atoms with Crippen molar-refractivity contribution in [3.8, 4) is 0 Å². The van der Waals surface area contributed by atoms with Crippen LogP contribution in [0.3, 0.4) is 0 Å². The van der Waals surface area contributed by atoms with Crippen LogP contribution in [-0.2, 0) is 12.8 Å². The maximum atomic E-state index is 13.5. The first-order valence-corrected chi connectivity index (χ1v) is 6.58. The van der Waals surface area contributed by atoms with Crippen molar-refractivity contribution in [3.63, 3.8) is 0 Å². The molecular formula is C14H15F2N3O. The van der Waals surface area contributed by atoms with Gasteiger partial charge in [-0.25, -0.2) is 8.78 Å². The Bertz CT molecular complexity index is 623. The first kappa shape index (κ1) is 13.2. The van der Waals surface area contributed by atoms with Crippen molar-refractivity contribution >= 4 is 0 Å². The molecular weight excluding hydrogens is 264 g/mol. The summed E-state index contributed by atoms with van der Waals surface area (Å²) < 4.78 is 31.5. The SMILES string of the molecule is NC1(Cc2nc(Cc3ccc(F)cc3F)no2)CCC1. The molecule has 0 spiro atoms. The molecule has 2 N–H and O–H groups in total. The second kappa shape index (κ2) is 4.94. The summed E-state index contributed by atoms with van der Waals surface area (Å²) in [4.78, 5) is 4.22. The molecule has 0 aliphatic heterocycles. The van der Waals surface area contributed by atoms with Gasteiger partial charge in [0, 0.05) is 24.4 Å². The van der Waals surface area contributed by atoms with Gasteiger partial charge >= 0.3 is 0 Å². The molecule has 0 bridgehead atoms. The molecule has 1 aliphatic carbocycles. The zero-order chi connectivity index (χ0) is 14.2. The van der Waals surface area contributed by atoms with Crippen LogP contribution in [0.4, 0.5) is 8.78 Å². The normalized spacial score (nSPS) is 16.9. The molecule has 1 saturated carbocycles. The number of rotatable bonds is 4. The van der Waals surface area contributed by atoms with Gasteiger partial charge in [-0.3, -0.25) is 0 Å². The largest absolute Gasteiger partial charge is 0.339 e. The molecule has 1 aromatic heterocycles. The minimum atomic E-state index is -0.606. The van der Waals surface area contributed by atoms with Gasteiger partial charge in [0.15, 0.2) is 5.82 Å². The Hall–Kier alpha value is -1.82. The van der Waals surface area contributed by atoms with Crippen LogP contribution < -0.4 is 5.73 Å². The minimum Gasteiger partial charge on any atom is -0.339 e. The zero-order valence-electron chi connectivity index (χ0n) is 10.9. The highest BCUT2D eigenvalue weighted by Gasteiger charge is 2.34. The van der Waals surface area contributed by atoms with E-state index >= 15 is 0 Å². The number of hydrogen-bond donors (Lipinski definition) is 1. The summed E-state index contributed by atoms with van der Waals surface area (Å²) >= 11 is 0. The number of benzene rings is 1. The number of hydrogen-bond acceptors (Lipinski definition) is 4. The van der Waals surface area contributed by atoms with Gasteiger partial charge in [-0.15, -0.1) is 0 Å². The number of nitrogens with two attached hydrogens (primary N) is 1. The topological polar surface area (TPSA) is 64.9 Å². The highest BCUT2D eigenvalue weighted by Crippen LogP contribution is 2.31. The van der Waals surface area contributed by atoms with Gasteiger partial charge in [0.1, 0.15) is 11.6 Å². The molecule has 2 aromatic rings.